The van der Waals surface area contributed by atoms with Crippen molar-refractivity contribution >= 4 is 28.7 Å². The summed E-state index contributed by atoms with van der Waals surface area (Å²) < 4.78 is 1.02. The van der Waals surface area contributed by atoms with Gasteiger partial charge in [0.15, 0.2) is 5.82 Å². The second-order valence-corrected chi connectivity index (χ2v) is 3.22. The Morgan fingerprint density at radius 3 is 2.94 bits per heavy atom. The van der Waals surface area contributed by atoms with Crippen LogP contribution in [0.25, 0.3) is 10.9 Å². The van der Waals surface area contributed by atoms with E-state index in [4.69, 9.17) is 5.73 Å². The van der Waals surface area contributed by atoms with Crippen molar-refractivity contribution in [1.82, 2.24) is 9.78 Å². The van der Waals surface area contributed by atoms with E-state index in [1.165, 1.54) is 6.92 Å². The first-order valence-corrected chi connectivity index (χ1v) is 4.56. The van der Waals surface area contributed by atoms with E-state index in [0.717, 1.165) is 4.68 Å². The standard InChI is InChI=1S/C10H9N4O2/c1-6(15)12-9-7-4-2-3-5-8(7)14(13-9)10(11)16/h2,4-5H,1H3,(H2,11,16)(H,12,13,15). The second-order valence-electron chi connectivity index (χ2n) is 3.22. The largest absolute Gasteiger partial charge is 0.350 e. The van der Waals surface area contributed by atoms with E-state index < -0.39 is 6.03 Å². The van der Waals surface area contributed by atoms with Crippen LogP contribution in [0, 0.1) is 6.07 Å². The Bertz CT molecular complexity index is 573. The zero-order chi connectivity index (χ0) is 11.7. The molecule has 0 atom stereocenters. The normalized spacial score (nSPS) is 10.3. The minimum absolute atomic E-state index is 0.260. The van der Waals surface area contributed by atoms with Crippen LogP contribution >= 0.6 is 0 Å². The zero-order valence-electron chi connectivity index (χ0n) is 8.52. The van der Waals surface area contributed by atoms with Crippen molar-refractivity contribution in [2.75, 3.05) is 5.32 Å². The highest BCUT2D eigenvalue weighted by atomic mass is 16.2. The molecule has 0 aliphatic heterocycles. The maximum Gasteiger partial charge on any atom is 0.340 e. The van der Waals surface area contributed by atoms with E-state index in [2.05, 4.69) is 16.5 Å². The van der Waals surface area contributed by atoms with Gasteiger partial charge in [-0.15, -0.1) is 5.10 Å². The molecule has 1 heterocycles. The molecule has 2 amide bonds. The first-order valence-electron chi connectivity index (χ1n) is 4.56. The van der Waals surface area contributed by atoms with E-state index >= 15 is 0 Å². The number of fused-ring (bicyclic) bond motifs is 1. The van der Waals surface area contributed by atoms with E-state index in [-0.39, 0.29) is 5.91 Å². The lowest BCUT2D eigenvalue weighted by atomic mass is 10.2. The highest BCUT2D eigenvalue weighted by molar-refractivity contribution is 6.01. The van der Waals surface area contributed by atoms with Gasteiger partial charge in [-0.05, 0) is 18.2 Å². The molecule has 0 saturated heterocycles. The van der Waals surface area contributed by atoms with Crippen LogP contribution in [0.3, 0.4) is 0 Å². The Labute approximate surface area is 91.0 Å². The van der Waals surface area contributed by atoms with Crippen LogP contribution in [0.4, 0.5) is 10.6 Å². The fourth-order valence-electron chi connectivity index (χ4n) is 1.43. The van der Waals surface area contributed by atoms with Gasteiger partial charge in [0.2, 0.25) is 5.91 Å². The third kappa shape index (κ3) is 1.60. The van der Waals surface area contributed by atoms with Gasteiger partial charge in [-0.3, -0.25) is 4.79 Å². The molecule has 0 aliphatic rings. The summed E-state index contributed by atoms with van der Waals surface area (Å²) in [4.78, 5) is 22.1. The fraction of sp³-hybridized carbons (Fsp3) is 0.100. The third-order valence-corrected chi connectivity index (χ3v) is 2.03. The van der Waals surface area contributed by atoms with Crippen LogP contribution in [0.1, 0.15) is 6.92 Å². The molecule has 2 aromatic rings. The summed E-state index contributed by atoms with van der Waals surface area (Å²) in [5.74, 6) is 0.0548. The topological polar surface area (TPSA) is 90.0 Å². The first-order chi connectivity index (χ1) is 7.59. The summed E-state index contributed by atoms with van der Waals surface area (Å²) in [7, 11) is 0. The number of primary amides is 1. The average molecular weight is 217 g/mol. The summed E-state index contributed by atoms with van der Waals surface area (Å²) in [6.07, 6.45) is 0. The van der Waals surface area contributed by atoms with Gasteiger partial charge >= 0.3 is 6.03 Å². The molecule has 1 aromatic carbocycles. The predicted octanol–water partition coefficient (Wildman–Crippen LogP) is 0.722. The van der Waals surface area contributed by atoms with Gasteiger partial charge in [0, 0.05) is 12.3 Å². The molecule has 2 rings (SSSR count). The van der Waals surface area contributed by atoms with E-state index in [1.807, 2.05) is 0 Å². The van der Waals surface area contributed by atoms with E-state index in [0.29, 0.717) is 16.7 Å². The Balaban J connectivity index is 2.66. The van der Waals surface area contributed by atoms with Gasteiger partial charge in [-0.25, -0.2) is 4.79 Å². The lowest BCUT2D eigenvalue weighted by Crippen LogP contribution is -2.21. The first kappa shape index (κ1) is 10.2. The van der Waals surface area contributed by atoms with Crippen molar-refractivity contribution in [3.63, 3.8) is 0 Å². The molecule has 0 saturated carbocycles. The number of aromatic nitrogens is 2. The SMILES string of the molecule is CC(=O)Nc1nn(C(N)=O)c2c[c]ccc12. The number of nitrogens with one attached hydrogen (secondary N) is 1. The summed E-state index contributed by atoms with van der Waals surface area (Å²) in [6.45, 7) is 1.37. The molecular formula is C10H9N4O2. The molecule has 0 aliphatic carbocycles. The number of anilines is 1. The smallest absolute Gasteiger partial charge is 0.340 e. The Morgan fingerprint density at radius 1 is 1.56 bits per heavy atom. The molecule has 16 heavy (non-hydrogen) atoms. The fourth-order valence-corrected chi connectivity index (χ4v) is 1.43. The number of carbonyl (C=O) groups is 2. The number of hydrogen-bond donors (Lipinski definition) is 2. The molecule has 0 spiro atoms. The summed E-state index contributed by atoms with van der Waals surface area (Å²) in [5, 5.41) is 7.10. The second kappa shape index (κ2) is 3.65. The van der Waals surface area contributed by atoms with Crippen LogP contribution in [0.5, 0.6) is 0 Å². The molecule has 81 valence electrons. The van der Waals surface area contributed by atoms with Crippen LogP contribution in [-0.2, 0) is 4.79 Å². The Hall–Kier alpha value is -2.37. The third-order valence-electron chi connectivity index (χ3n) is 2.03. The molecule has 0 bridgehead atoms. The van der Waals surface area contributed by atoms with Crippen molar-refractivity contribution in [1.29, 1.82) is 0 Å². The van der Waals surface area contributed by atoms with Gasteiger partial charge in [-0.1, -0.05) is 6.07 Å². The molecule has 0 fully saturated rings. The molecule has 1 radical (unpaired) electrons. The summed E-state index contributed by atoms with van der Waals surface area (Å²) in [6, 6.07) is 7.06. The number of nitrogens with two attached hydrogens (primary N) is 1. The number of carbonyl (C=O) groups excluding carboxylic acids is 2. The quantitative estimate of drug-likeness (QED) is 0.737. The summed E-state index contributed by atoms with van der Waals surface area (Å²) >= 11 is 0. The highest BCUT2D eigenvalue weighted by Gasteiger charge is 2.13. The monoisotopic (exact) mass is 217 g/mol. The Morgan fingerprint density at radius 2 is 2.31 bits per heavy atom. The van der Waals surface area contributed by atoms with Crippen molar-refractivity contribution in [3.05, 3.63) is 24.3 Å². The predicted molar refractivity (Wildman–Crippen MR) is 57.9 cm³/mol. The lowest BCUT2D eigenvalue weighted by molar-refractivity contribution is -0.114. The molecule has 0 unspecified atom stereocenters. The number of hydrogen-bond acceptors (Lipinski definition) is 3. The van der Waals surface area contributed by atoms with Crippen molar-refractivity contribution in [2.45, 2.75) is 6.92 Å². The minimum atomic E-state index is -0.707. The molecule has 6 nitrogen and oxygen atoms in total. The van der Waals surface area contributed by atoms with Gasteiger partial charge in [0.1, 0.15) is 0 Å². The molecular weight excluding hydrogens is 208 g/mol. The number of amides is 2. The number of rotatable bonds is 1. The van der Waals surface area contributed by atoms with E-state index in [1.54, 1.807) is 18.2 Å². The highest BCUT2D eigenvalue weighted by Crippen LogP contribution is 2.21. The maximum absolute atomic E-state index is 11.1. The van der Waals surface area contributed by atoms with Gasteiger partial charge in [-0.2, -0.15) is 4.68 Å². The van der Waals surface area contributed by atoms with Crippen molar-refractivity contribution < 1.29 is 9.59 Å². The molecule has 1 aromatic heterocycles. The van der Waals surface area contributed by atoms with Crippen LogP contribution in [-0.4, -0.2) is 21.7 Å². The van der Waals surface area contributed by atoms with Crippen LogP contribution in [0.15, 0.2) is 18.2 Å². The van der Waals surface area contributed by atoms with Gasteiger partial charge < -0.3 is 11.1 Å². The molecule has 3 N–H and O–H groups in total. The molecule has 6 heteroatoms. The van der Waals surface area contributed by atoms with E-state index in [9.17, 15) is 9.59 Å². The Kier molecular flexibility index (Phi) is 2.32. The van der Waals surface area contributed by atoms with Crippen LogP contribution < -0.4 is 11.1 Å². The summed E-state index contributed by atoms with van der Waals surface area (Å²) in [5.41, 5.74) is 5.67. The average Bonchev–Trinajstić information content (AvgIpc) is 2.57. The van der Waals surface area contributed by atoms with Crippen molar-refractivity contribution in [3.8, 4) is 0 Å². The minimum Gasteiger partial charge on any atom is -0.350 e. The number of benzene rings is 1. The van der Waals surface area contributed by atoms with Crippen molar-refractivity contribution in [2.24, 2.45) is 5.73 Å². The van der Waals surface area contributed by atoms with Gasteiger partial charge in [0.05, 0.1) is 5.52 Å². The lowest BCUT2D eigenvalue weighted by Gasteiger charge is -1.95. The number of nitrogens with zero attached hydrogens (tertiary/aromatic N) is 2. The van der Waals surface area contributed by atoms with Gasteiger partial charge in [0.25, 0.3) is 0 Å². The zero-order valence-corrected chi connectivity index (χ0v) is 8.52. The maximum atomic E-state index is 11.1. The van der Waals surface area contributed by atoms with Crippen LogP contribution in [0.2, 0.25) is 0 Å².